The van der Waals surface area contributed by atoms with Gasteiger partial charge in [0.05, 0.1) is 23.7 Å². The van der Waals surface area contributed by atoms with E-state index in [1.807, 2.05) is 30.3 Å². The lowest BCUT2D eigenvalue weighted by atomic mass is 10.0. The molecule has 3 rings (SSSR count). The molecule has 1 aromatic heterocycles. The molecule has 1 aliphatic rings. The highest BCUT2D eigenvalue weighted by Crippen LogP contribution is 2.33. The molecule has 0 aliphatic carbocycles. The Labute approximate surface area is 217 Å². The number of amides is 2. The van der Waals surface area contributed by atoms with E-state index in [2.05, 4.69) is 15.9 Å². The Morgan fingerprint density at radius 2 is 2.00 bits per heavy atom. The van der Waals surface area contributed by atoms with Crippen LogP contribution in [0, 0.1) is 0 Å². The molecular formula is C25H30BrNO9. The van der Waals surface area contributed by atoms with Crippen LogP contribution < -0.4 is 0 Å². The Morgan fingerprint density at radius 3 is 2.67 bits per heavy atom. The van der Waals surface area contributed by atoms with Gasteiger partial charge >= 0.3 is 12.1 Å². The minimum absolute atomic E-state index is 0.0446. The van der Waals surface area contributed by atoms with Crippen LogP contribution in [0.1, 0.15) is 36.5 Å². The topological polar surface area (TPSA) is 125 Å². The molecule has 1 aliphatic heterocycles. The largest absolute Gasteiger partial charge is 0.461 e. The van der Waals surface area contributed by atoms with E-state index in [-0.39, 0.29) is 25.6 Å². The number of carbonyl (C=O) groups excluding carboxylic acids is 3. The predicted octanol–water partition coefficient (Wildman–Crippen LogP) is 3.19. The van der Waals surface area contributed by atoms with Crippen LogP contribution >= 0.6 is 15.9 Å². The number of aliphatic hydroxyl groups is 1. The third kappa shape index (κ3) is 7.16. The number of aryl methyl sites for hydroxylation is 1. The van der Waals surface area contributed by atoms with Crippen molar-refractivity contribution in [2.24, 2.45) is 0 Å². The molecule has 1 aromatic carbocycles. The van der Waals surface area contributed by atoms with Gasteiger partial charge < -0.3 is 28.5 Å². The van der Waals surface area contributed by atoms with Gasteiger partial charge in [0.2, 0.25) is 0 Å². The molecule has 0 saturated carbocycles. The van der Waals surface area contributed by atoms with Crippen LogP contribution in [0.25, 0.3) is 0 Å². The van der Waals surface area contributed by atoms with Crippen molar-refractivity contribution in [3.8, 4) is 0 Å². The SMILES string of the molecule is COC(C(=O)N1C(=O)OCC1Cc1ccccc1)C(OC(C)=O)c1cc(Br)c(CCCOCCO)o1. The highest BCUT2D eigenvalue weighted by molar-refractivity contribution is 9.10. The smallest absolute Gasteiger partial charge is 0.417 e. The Hall–Kier alpha value is -2.73. The van der Waals surface area contributed by atoms with E-state index in [9.17, 15) is 14.4 Å². The molecular weight excluding hydrogens is 538 g/mol. The number of rotatable bonds is 13. The summed E-state index contributed by atoms with van der Waals surface area (Å²) in [6, 6.07) is 10.5. The zero-order valence-electron chi connectivity index (χ0n) is 20.2. The average molecular weight is 568 g/mol. The summed E-state index contributed by atoms with van der Waals surface area (Å²) in [6.07, 6.45) is -1.84. The number of aliphatic hydroxyl groups excluding tert-OH is 1. The van der Waals surface area contributed by atoms with Crippen LogP contribution in [-0.2, 0) is 41.4 Å². The quantitative estimate of drug-likeness (QED) is 0.287. The van der Waals surface area contributed by atoms with E-state index < -0.39 is 36.2 Å². The second kappa shape index (κ2) is 13.5. The number of ether oxygens (including phenoxy) is 4. The number of esters is 1. The van der Waals surface area contributed by atoms with Gasteiger partial charge in [-0.05, 0) is 40.4 Å². The van der Waals surface area contributed by atoms with Crippen LogP contribution in [0.2, 0.25) is 0 Å². The van der Waals surface area contributed by atoms with Crippen molar-refractivity contribution in [3.05, 3.63) is 58.0 Å². The van der Waals surface area contributed by atoms with Crippen LogP contribution in [-0.4, -0.2) is 73.7 Å². The van der Waals surface area contributed by atoms with Gasteiger partial charge in [0, 0.05) is 27.1 Å². The molecule has 2 heterocycles. The maximum absolute atomic E-state index is 13.6. The van der Waals surface area contributed by atoms with Crippen molar-refractivity contribution >= 4 is 33.9 Å². The second-order valence-corrected chi connectivity index (χ2v) is 9.03. The van der Waals surface area contributed by atoms with E-state index in [0.29, 0.717) is 36.1 Å². The molecule has 0 bridgehead atoms. The van der Waals surface area contributed by atoms with Gasteiger partial charge in [0.25, 0.3) is 5.91 Å². The molecule has 2 amide bonds. The first-order chi connectivity index (χ1) is 17.3. The first kappa shape index (κ1) is 27.9. The minimum Gasteiger partial charge on any atom is -0.461 e. The molecule has 3 atom stereocenters. The zero-order chi connectivity index (χ0) is 26.1. The van der Waals surface area contributed by atoms with Gasteiger partial charge in [0.1, 0.15) is 18.1 Å². The third-order valence-electron chi connectivity index (χ3n) is 5.56. The first-order valence-corrected chi connectivity index (χ1v) is 12.4. The number of cyclic esters (lactones) is 1. The van der Waals surface area contributed by atoms with Gasteiger partial charge in [-0.2, -0.15) is 0 Å². The summed E-state index contributed by atoms with van der Waals surface area (Å²) >= 11 is 3.44. The van der Waals surface area contributed by atoms with Gasteiger partial charge in [0.15, 0.2) is 12.2 Å². The number of benzene rings is 1. The van der Waals surface area contributed by atoms with Crippen LogP contribution in [0.4, 0.5) is 4.79 Å². The molecule has 0 spiro atoms. The number of furan rings is 1. The van der Waals surface area contributed by atoms with Crippen LogP contribution in [0.5, 0.6) is 0 Å². The molecule has 2 aromatic rings. The molecule has 1 saturated heterocycles. The summed E-state index contributed by atoms with van der Waals surface area (Å²) in [5.74, 6) is -0.583. The summed E-state index contributed by atoms with van der Waals surface area (Å²) in [6.45, 7) is 1.88. The lowest BCUT2D eigenvalue weighted by Crippen LogP contribution is -2.48. The lowest BCUT2D eigenvalue weighted by Gasteiger charge is -2.28. The predicted molar refractivity (Wildman–Crippen MR) is 130 cm³/mol. The Morgan fingerprint density at radius 1 is 1.25 bits per heavy atom. The fourth-order valence-corrected chi connectivity index (χ4v) is 4.45. The Kier molecular flexibility index (Phi) is 10.5. The van der Waals surface area contributed by atoms with E-state index in [4.69, 9.17) is 28.5 Å². The number of carbonyl (C=O) groups is 3. The van der Waals surface area contributed by atoms with Crippen LogP contribution in [0.15, 0.2) is 45.3 Å². The van der Waals surface area contributed by atoms with Gasteiger partial charge in [-0.1, -0.05) is 30.3 Å². The Balaban J connectivity index is 1.80. The maximum Gasteiger partial charge on any atom is 0.417 e. The molecule has 196 valence electrons. The monoisotopic (exact) mass is 567 g/mol. The van der Waals surface area contributed by atoms with Crippen molar-refractivity contribution in [1.82, 2.24) is 4.90 Å². The number of halogens is 1. The average Bonchev–Trinajstić information content (AvgIpc) is 3.40. The number of imide groups is 1. The molecule has 36 heavy (non-hydrogen) atoms. The molecule has 1 N–H and O–H groups in total. The zero-order valence-corrected chi connectivity index (χ0v) is 21.8. The number of nitrogens with zero attached hydrogens (tertiary/aromatic N) is 1. The van der Waals surface area contributed by atoms with Crippen LogP contribution in [0.3, 0.4) is 0 Å². The van der Waals surface area contributed by atoms with E-state index in [1.54, 1.807) is 6.07 Å². The summed E-state index contributed by atoms with van der Waals surface area (Å²) in [5, 5.41) is 8.80. The highest BCUT2D eigenvalue weighted by Gasteiger charge is 2.45. The fraction of sp³-hybridized carbons (Fsp3) is 0.480. The summed E-state index contributed by atoms with van der Waals surface area (Å²) in [7, 11) is 1.30. The third-order valence-corrected chi connectivity index (χ3v) is 6.23. The maximum atomic E-state index is 13.6. The van der Waals surface area contributed by atoms with E-state index in [0.717, 1.165) is 10.5 Å². The highest BCUT2D eigenvalue weighted by atomic mass is 79.9. The van der Waals surface area contributed by atoms with E-state index in [1.165, 1.54) is 14.0 Å². The normalized spacial score (nSPS) is 17.1. The van der Waals surface area contributed by atoms with Gasteiger partial charge in [-0.15, -0.1) is 0 Å². The molecule has 3 unspecified atom stereocenters. The molecule has 10 nitrogen and oxygen atoms in total. The number of hydrogen-bond donors (Lipinski definition) is 1. The standard InChI is InChI=1S/C25H30BrNO9/c1-16(29)35-22(21-14-19(26)20(36-21)9-6-11-33-12-10-28)23(32-2)24(30)27-18(15-34-25(27)31)13-17-7-4-3-5-8-17/h3-5,7-8,14,18,22-23,28H,6,9-13,15H2,1-2H3. The summed E-state index contributed by atoms with van der Waals surface area (Å²) in [4.78, 5) is 39.1. The molecule has 0 radical (unpaired) electrons. The lowest BCUT2D eigenvalue weighted by molar-refractivity contribution is -0.164. The first-order valence-electron chi connectivity index (χ1n) is 11.6. The van der Waals surface area contributed by atoms with Crippen molar-refractivity contribution in [2.45, 2.75) is 44.4 Å². The fourth-order valence-electron chi connectivity index (χ4n) is 3.94. The molecule has 1 fully saturated rings. The van der Waals surface area contributed by atoms with Crippen molar-refractivity contribution in [3.63, 3.8) is 0 Å². The summed E-state index contributed by atoms with van der Waals surface area (Å²) in [5.41, 5.74) is 0.937. The van der Waals surface area contributed by atoms with Crippen molar-refractivity contribution in [2.75, 3.05) is 33.5 Å². The van der Waals surface area contributed by atoms with Gasteiger partial charge in [-0.25, -0.2) is 9.69 Å². The molecule has 11 heteroatoms. The minimum atomic E-state index is -1.35. The van der Waals surface area contributed by atoms with Crippen molar-refractivity contribution in [1.29, 1.82) is 0 Å². The van der Waals surface area contributed by atoms with Crippen molar-refractivity contribution < 1.29 is 42.9 Å². The van der Waals surface area contributed by atoms with Gasteiger partial charge in [-0.3, -0.25) is 9.59 Å². The number of hydrogen-bond acceptors (Lipinski definition) is 9. The summed E-state index contributed by atoms with van der Waals surface area (Å²) < 4.78 is 27.9. The Bertz CT molecular complexity index is 1030. The number of methoxy groups -OCH3 is 1. The second-order valence-electron chi connectivity index (χ2n) is 8.17. The van der Waals surface area contributed by atoms with E-state index >= 15 is 0 Å².